The fraction of sp³-hybridized carbons (Fsp3) is 0.500. The Morgan fingerprint density at radius 2 is 1.89 bits per heavy atom. The summed E-state index contributed by atoms with van der Waals surface area (Å²) in [6.07, 6.45) is 0.824. The average molecular weight is 281 g/mol. The Kier molecular flexibility index (Phi) is 3.62. The van der Waals surface area contributed by atoms with Crippen molar-refractivity contribution in [3.05, 3.63) is 29.3 Å². The van der Waals surface area contributed by atoms with E-state index in [1.165, 1.54) is 0 Å². The van der Waals surface area contributed by atoms with Crippen LogP contribution < -0.4 is 4.90 Å². The zero-order valence-electron chi connectivity index (χ0n) is 10.7. The number of hydrogen-bond donors (Lipinski definition) is 0. The van der Waals surface area contributed by atoms with Gasteiger partial charge in [0.2, 0.25) is 0 Å². The topological polar surface area (TPSA) is 32.8 Å². The van der Waals surface area contributed by atoms with Crippen molar-refractivity contribution in [2.24, 2.45) is 0 Å². The molecule has 2 aliphatic rings. The van der Waals surface area contributed by atoms with Gasteiger partial charge in [0.25, 0.3) is 0 Å². The molecule has 1 unspecified atom stereocenters. The van der Waals surface area contributed by atoms with Gasteiger partial charge in [0.15, 0.2) is 0 Å². The molecule has 0 amide bonds. The molecule has 5 heteroatoms. The number of anilines is 1. The van der Waals surface area contributed by atoms with Gasteiger partial charge in [-0.3, -0.25) is 9.69 Å². The monoisotopic (exact) mass is 280 g/mol. The highest BCUT2D eigenvalue weighted by Gasteiger charge is 2.34. The minimum Gasteiger partial charge on any atom is -0.464 e. The summed E-state index contributed by atoms with van der Waals surface area (Å²) in [6, 6.07) is 7.87. The summed E-state index contributed by atoms with van der Waals surface area (Å²) in [7, 11) is 0. The number of piperazine rings is 1. The van der Waals surface area contributed by atoms with Gasteiger partial charge in [-0.15, -0.1) is 0 Å². The van der Waals surface area contributed by atoms with E-state index < -0.39 is 0 Å². The first-order valence-electron chi connectivity index (χ1n) is 6.66. The van der Waals surface area contributed by atoms with E-state index in [1.54, 1.807) is 0 Å². The lowest BCUT2D eigenvalue weighted by Crippen LogP contribution is -2.51. The highest BCUT2D eigenvalue weighted by Crippen LogP contribution is 2.27. The second-order valence-corrected chi connectivity index (χ2v) is 5.35. The van der Waals surface area contributed by atoms with Crippen LogP contribution in [0.15, 0.2) is 24.3 Å². The third-order valence-electron chi connectivity index (χ3n) is 3.86. The Morgan fingerprint density at radius 1 is 1.16 bits per heavy atom. The van der Waals surface area contributed by atoms with Crippen LogP contribution in [0.3, 0.4) is 0 Å². The van der Waals surface area contributed by atoms with E-state index in [2.05, 4.69) is 9.80 Å². The molecule has 0 saturated carbocycles. The van der Waals surface area contributed by atoms with E-state index >= 15 is 0 Å². The van der Waals surface area contributed by atoms with E-state index in [1.807, 2.05) is 24.3 Å². The lowest BCUT2D eigenvalue weighted by atomic mass is 10.1. The molecule has 2 heterocycles. The number of esters is 1. The molecule has 3 rings (SSSR count). The largest absolute Gasteiger partial charge is 0.464 e. The van der Waals surface area contributed by atoms with Crippen LogP contribution >= 0.6 is 11.6 Å². The van der Waals surface area contributed by atoms with Crippen molar-refractivity contribution in [3.63, 3.8) is 0 Å². The van der Waals surface area contributed by atoms with Crippen LogP contribution in [-0.2, 0) is 9.53 Å². The maximum absolute atomic E-state index is 11.6. The van der Waals surface area contributed by atoms with Gasteiger partial charge in [-0.2, -0.15) is 0 Å². The second-order valence-electron chi connectivity index (χ2n) is 4.95. The van der Waals surface area contributed by atoms with Gasteiger partial charge in [-0.25, -0.2) is 0 Å². The first kappa shape index (κ1) is 12.8. The molecule has 2 fully saturated rings. The summed E-state index contributed by atoms with van der Waals surface area (Å²) in [5.41, 5.74) is 1.08. The van der Waals surface area contributed by atoms with Crippen molar-refractivity contribution in [3.8, 4) is 0 Å². The molecule has 1 atom stereocenters. The van der Waals surface area contributed by atoms with E-state index in [9.17, 15) is 4.79 Å². The molecule has 1 aromatic rings. The predicted octanol–water partition coefficient (Wildman–Crippen LogP) is 1.78. The molecule has 2 aliphatic heterocycles. The third-order valence-corrected chi connectivity index (χ3v) is 4.18. The Bertz CT molecular complexity index is 472. The van der Waals surface area contributed by atoms with Crippen LogP contribution in [0.1, 0.15) is 6.42 Å². The minimum atomic E-state index is -0.0637. The summed E-state index contributed by atoms with van der Waals surface area (Å²) in [5, 5.41) is 0.788. The molecule has 0 radical (unpaired) electrons. The smallest absolute Gasteiger partial charge is 0.323 e. The number of carbonyl (C=O) groups is 1. The Balaban J connectivity index is 1.63. The number of rotatable bonds is 2. The first-order valence-corrected chi connectivity index (χ1v) is 7.03. The SMILES string of the molecule is O=C1OCCC1N1CCN(c2ccccc2Cl)CC1. The van der Waals surface area contributed by atoms with Gasteiger partial charge >= 0.3 is 5.97 Å². The summed E-state index contributed by atoms with van der Waals surface area (Å²) in [5.74, 6) is -0.0637. The van der Waals surface area contributed by atoms with Gasteiger partial charge in [-0.1, -0.05) is 23.7 Å². The molecule has 1 aromatic carbocycles. The van der Waals surface area contributed by atoms with Crippen LogP contribution in [0.5, 0.6) is 0 Å². The highest BCUT2D eigenvalue weighted by atomic mass is 35.5. The molecule has 0 aromatic heterocycles. The number of hydrogen-bond acceptors (Lipinski definition) is 4. The lowest BCUT2D eigenvalue weighted by Gasteiger charge is -2.38. The summed E-state index contributed by atoms with van der Waals surface area (Å²) in [6.45, 7) is 4.12. The molecule has 0 spiro atoms. The molecule has 0 aliphatic carbocycles. The Hall–Kier alpha value is -1.26. The molecular weight excluding hydrogens is 264 g/mol. The van der Waals surface area contributed by atoms with Gasteiger partial charge in [0, 0.05) is 32.6 Å². The summed E-state index contributed by atoms with van der Waals surface area (Å²) >= 11 is 6.21. The normalized spacial score (nSPS) is 24.6. The predicted molar refractivity (Wildman–Crippen MR) is 74.6 cm³/mol. The van der Waals surface area contributed by atoms with E-state index in [0.717, 1.165) is 43.3 Å². The standard InChI is InChI=1S/C14H17ClN2O2/c15-11-3-1-2-4-12(11)16-6-8-17(9-7-16)13-5-10-19-14(13)18/h1-4,13H,5-10H2. The van der Waals surface area contributed by atoms with Crippen molar-refractivity contribution < 1.29 is 9.53 Å². The first-order chi connectivity index (χ1) is 9.25. The molecule has 4 nitrogen and oxygen atoms in total. The van der Waals surface area contributed by atoms with Crippen molar-refractivity contribution in [2.45, 2.75) is 12.5 Å². The number of carbonyl (C=O) groups excluding carboxylic acids is 1. The van der Waals surface area contributed by atoms with Crippen LogP contribution in [0, 0.1) is 0 Å². The van der Waals surface area contributed by atoms with Crippen LogP contribution in [0.25, 0.3) is 0 Å². The summed E-state index contributed by atoms with van der Waals surface area (Å²) < 4.78 is 5.03. The van der Waals surface area contributed by atoms with Gasteiger partial charge in [-0.05, 0) is 12.1 Å². The van der Waals surface area contributed by atoms with Crippen LogP contribution in [-0.4, -0.2) is 49.7 Å². The lowest BCUT2D eigenvalue weighted by molar-refractivity contribution is -0.142. The number of halogens is 1. The number of cyclic esters (lactones) is 1. The average Bonchev–Trinajstić information content (AvgIpc) is 2.86. The van der Waals surface area contributed by atoms with E-state index in [0.29, 0.717) is 6.61 Å². The fourth-order valence-corrected chi connectivity index (χ4v) is 3.05. The number of nitrogens with zero attached hydrogens (tertiary/aromatic N) is 2. The maximum Gasteiger partial charge on any atom is 0.323 e. The molecule has 102 valence electrons. The molecule has 2 saturated heterocycles. The molecular formula is C14H17ClN2O2. The molecule has 0 N–H and O–H groups in total. The van der Waals surface area contributed by atoms with Crippen molar-refractivity contribution in [1.29, 1.82) is 0 Å². The maximum atomic E-state index is 11.6. The second kappa shape index (κ2) is 5.39. The highest BCUT2D eigenvalue weighted by molar-refractivity contribution is 6.33. The number of ether oxygens (including phenoxy) is 1. The number of benzene rings is 1. The van der Waals surface area contributed by atoms with Gasteiger partial charge < -0.3 is 9.64 Å². The third kappa shape index (κ3) is 2.55. The van der Waals surface area contributed by atoms with E-state index in [4.69, 9.17) is 16.3 Å². The van der Waals surface area contributed by atoms with Crippen LogP contribution in [0.4, 0.5) is 5.69 Å². The minimum absolute atomic E-state index is 0.0339. The Labute approximate surface area is 117 Å². The van der Waals surface area contributed by atoms with E-state index in [-0.39, 0.29) is 12.0 Å². The zero-order valence-corrected chi connectivity index (χ0v) is 11.5. The molecule has 19 heavy (non-hydrogen) atoms. The Morgan fingerprint density at radius 3 is 2.53 bits per heavy atom. The quantitative estimate of drug-likeness (QED) is 0.773. The molecule has 0 bridgehead atoms. The fourth-order valence-electron chi connectivity index (χ4n) is 2.80. The number of para-hydroxylation sites is 1. The van der Waals surface area contributed by atoms with Crippen molar-refractivity contribution in [1.82, 2.24) is 4.90 Å². The zero-order chi connectivity index (χ0) is 13.2. The van der Waals surface area contributed by atoms with Crippen molar-refractivity contribution >= 4 is 23.3 Å². The summed E-state index contributed by atoms with van der Waals surface area (Å²) in [4.78, 5) is 16.1. The van der Waals surface area contributed by atoms with Crippen LogP contribution in [0.2, 0.25) is 5.02 Å². The van der Waals surface area contributed by atoms with Gasteiger partial charge in [0.1, 0.15) is 6.04 Å². The van der Waals surface area contributed by atoms with Gasteiger partial charge in [0.05, 0.1) is 17.3 Å². The van der Waals surface area contributed by atoms with Crippen molar-refractivity contribution in [2.75, 3.05) is 37.7 Å².